The molecule has 1 aliphatic rings. The number of nitrogens with zero attached hydrogens (tertiary/aromatic N) is 1. The van der Waals surface area contributed by atoms with Gasteiger partial charge in [-0.05, 0) is 13.0 Å². The van der Waals surface area contributed by atoms with E-state index in [0.29, 0.717) is 6.07 Å². The standard InChI is InChI=1S/C15H12F6N2O2/c1-7-5-25-12-4-10-8(2-11(12)23(7)6-14(16,17)18)9(15(19,20)21)3-13(24)22-10/h2-4,7H,5-6H2,1H3,(H,22,24)/t7-/m0/s1. The van der Waals surface area contributed by atoms with Gasteiger partial charge in [0.2, 0.25) is 5.56 Å². The van der Waals surface area contributed by atoms with E-state index in [9.17, 15) is 31.1 Å². The Labute approximate surface area is 137 Å². The number of nitrogens with one attached hydrogen (secondary N) is 1. The highest BCUT2D eigenvalue weighted by atomic mass is 19.4. The van der Waals surface area contributed by atoms with E-state index in [0.717, 1.165) is 17.0 Å². The Bertz CT molecular complexity index is 871. The minimum absolute atomic E-state index is 0.00942. The van der Waals surface area contributed by atoms with Gasteiger partial charge in [-0.1, -0.05) is 0 Å². The normalized spacial score (nSPS) is 18.2. The van der Waals surface area contributed by atoms with Crippen LogP contribution >= 0.6 is 0 Å². The van der Waals surface area contributed by atoms with Gasteiger partial charge in [0.05, 0.1) is 22.8 Å². The molecular weight excluding hydrogens is 354 g/mol. The molecule has 2 aromatic rings. The number of pyridine rings is 1. The van der Waals surface area contributed by atoms with E-state index in [4.69, 9.17) is 4.74 Å². The average Bonchev–Trinajstić information content (AvgIpc) is 2.46. The van der Waals surface area contributed by atoms with Crippen molar-refractivity contribution in [3.63, 3.8) is 0 Å². The predicted molar refractivity (Wildman–Crippen MR) is 77.9 cm³/mol. The van der Waals surface area contributed by atoms with Crippen LogP contribution < -0.4 is 15.2 Å². The molecule has 3 rings (SSSR count). The summed E-state index contributed by atoms with van der Waals surface area (Å²) in [7, 11) is 0. The third kappa shape index (κ3) is 3.38. The van der Waals surface area contributed by atoms with Crippen molar-refractivity contribution in [2.75, 3.05) is 18.1 Å². The van der Waals surface area contributed by atoms with Crippen LogP contribution in [0.1, 0.15) is 12.5 Å². The van der Waals surface area contributed by atoms with Crippen molar-refractivity contribution in [2.24, 2.45) is 0 Å². The molecule has 0 bridgehead atoms. The van der Waals surface area contributed by atoms with Crippen LogP contribution in [0.3, 0.4) is 0 Å². The first-order chi connectivity index (χ1) is 11.5. The predicted octanol–water partition coefficient (Wildman–Crippen LogP) is 3.70. The Hall–Kier alpha value is -2.39. The Morgan fingerprint density at radius 2 is 1.88 bits per heavy atom. The highest BCUT2D eigenvalue weighted by Gasteiger charge is 2.38. The second kappa shape index (κ2) is 5.57. The third-order valence-electron chi connectivity index (χ3n) is 3.90. The van der Waals surface area contributed by atoms with E-state index < -0.39 is 41.4 Å². The van der Waals surface area contributed by atoms with Gasteiger partial charge in [-0.3, -0.25) is 4.79 Å². The van der Waals surface area contributed by atoms with Crippen LogP contribution in [0.5, 0.6) is 5.75 Å². The van der Waals surface area contributed by atoms with Crippen molar-refractivity contribution in [3.8, 4) is 5.75 Å². The largest absolute Gasteiger partial charge is 0.489 e. The molecule has 0 amide bonds. The summed E-state index contributed by atoms with van der Waals surface area (Å²) in [5.74, 6) is -0.00942. The van der Waals surface area contributed by atoms with Gasteiger partial charge in [0, 0.05) is 17.5 Å². The lowest BCUT2D eigenvalue weighted by Crippen LogP contribution is -2.46. The van der Waals surface area contributed by atoms with Gasteiger partial charge >= 0.3 is 12.4 Å². The van der Waals surface area contributed by atoms with Crippen LogP contribution in [0, 0.1) is 0 Å². The van der Waals surface area contributed by atoms with Crippen molar-refractivity contribution in [1.29, 1.82) is 0 Å². The Kier molecular flexibility index (Phi) is 3.88. The summed E-state index contributed by atoms with van der Waals surface area (Å²) < 4.78 is 83.4. The number of halogens is 6. The fraction of sp³-hybridized carbons (Fsp3) is 0.400. The van der Waals surface area contributed by atoms with E-state index in [1.807, 2.05) is 0 Å². The summed E-state index contributed by atoms with van der Waals surface area (Å²) >= 11 is 0. The Morgan fingerprint density at radius 3 is 2.48 bits per heavy atom. The van der Waals surface area contributed by atoms with Crippen LogP contribution in [0.4, 0.5) is 32.0 Å². The van der Waals surface area contributed by atoms with Crippen LogP contribution in [0.15, 0.2) is 23.0 Å². The van der Waals surface area contributed by atoms with Gasteiger partial charge in [-0.15, -0.1) is 0 Å². The van der Waals surface area contributed by atoms with Crippen molar-refractivity contribution in [1.82, 2.24) is 4.98 Å². The van der Waals surface area contributed by atoms with Gasteiger partial charge < -0.3 is 14.6 Å². The molecule has 0 saturated heterocycles. The molecular formula is C15H12F6N2O2. The SMILES string of the molecule is C[C@H]1COc2cc3[nH]c(=O)cc(C(F)(F)F)c3cc2N1CC(F)(F)F. The van der Waals surface area contributed by atoms with Gasteiger partial charge in [0.25, 0.3) is 0 Å². The summed E-state index contributed by atoms with van der Waals surface area (Å²) in [4.78, 5) is 14.7. The number of alkyl halides is 6. The molecule has 0 unspecified atom stereocenters. The van der Waals surface area contributed by atoms with Crippen molar-refractivity contribution in [2.45, 2.75) is 25.3 Å². The number of rotatable bonds is 1. The molecule has 0 aliphatic carbocycles. The highest BCUT2D eigenvalue weighted by molar-refractivity contribution is 5.89. The molecule has 1 aliphatic heterocycles. The quantitative estimate of drug-likeness (QED) is 0.783. The first kappa shape index (κ1) is 17.4. The summed E-state index contributed by atoms with van der Waals surface area (Å²) in [6.07, 6.45) is -9.35. The first-order valence-corrected chi connectivity index (χ1v) is 7.20. The minimum Gasteiger partial charge on any atom is -0.489 e. The molecule has 1 aromatic heterocycles. The molecule has 0 saturated carbocycles. The lowest BCUT2D eigenvalue weighted by molar-refractivity contribution is -0.136. The molecule has 1 N–H and O–H groups in total. The fourth-order valence-corrected chi connectivity index (χ4v) is 2.82. The van der Waals surface area contributed by atoms with Crippen molar-refractivity contribution < 1.29 is 31.1 Å². The second-order valence-corrected chi connectivity index (χ2v) is 5.81. The van der Waals surface area contributed by atoms with Crippen molar-refractivity contribution >= 4 is 16.6 Å². The third-order valence-corrected chi connectivity index (χ3v) is 3.90. The minimum atomic E-state index is -4.82. The molecule has 0 spiro atoms. The smallest absolute Gasteiger partial charge is 0.417 e. The fourth-order valence-electron chi connectivity index (χ4n) is 2.82. The van der Waals surface area contributed by atoms with Crippen molar-refractivity contribution in [3.05, 3.63) is 34.1 Å². The Morgan fingerprint density at radius 1 is 1.20 bits per heavy atom. The average molecular weight is 366 g/mol. The van der Waals surface area contributed by atoms with E-state index in [1.165, 1.54) is 6.92 Å². The van der Waals surface area contributed by atoms with Crippen LogP contribution in [0.25, 0.3) is 10.9 Å². The van der Waals surface area contributed by atoms with E-state index >= 15 is 0 Å². The maximum Gasteiger partial charge on any atom is 0.417 e. The topological polar surface area (TPSA) is 45.3 Å². The first-order valence-electron chi connectivity index (χ1n) is 7.20. The summed E-state index contributed by atoms with van der Waals surface area (Å²) in [6.45, 7) is 0.106. The lowest BCUT2D eigenvalue weighted by Gasteiger charge is -2.37. The Balaban J connectivity index is 2.25. The highest BCUT2D eigenvalue weighted by Crippen LogP contribution is 2.41. The number of hydrogen-bond acceptors (Lipinski definition) is 3. The zero-order valence-corrected chi connectivity index (χ0v) is 12.8. The number of benzene rings is 1. The number of hydrogen-bond donors (Lipinski definition) is 1. The second-order valence-electron chi connectivity index (χ2n) is 5.81. The molecule has 1 aromatic carbocycles. The molecule has 136 valence electrons. The van der Waals surface area contributed by atoms with E-state index in [2.05, 4.69) is 4.98 Å². The number of anilines is 1. The van der Waals surface area contributed by atoms with Gasteiger partial charge in [-0.2, -0.15) is 26.3 Å². The zero-order valence-electron chi connectivity index (χ0n) is 12.8. The van der Waals surface area contributed by atoms with E-state index in [-0.39, 0.29) is 23.6 Å². The maximum absolute atomic E-state index is 13.2. The number of H-pyrrole nitrogens is 1. The number of aromatic amines is 1. The van der Waals surface area contributed by atoms with Crippen LogP contribution in [-0.2, 0) is 6.18 Å². The van der Waals surface area contributed by atoms with Crippen LogP contribution in [-0.4, -0.2) is 30.4 Å². The maximum atomic E-state index is 13.2. The number of ether oxygens (including phenoxy) is 1. The van der Waals surface area contributed by atoms with E-state index in [1.54, 1.807) is 0 Å². The molecule has 2 heterocycles. The molecule has 10 heteroatoms. The summed E-state index contributed by atoms with van der Waals surface area (Å²) in [6, 6.07) is 1.81. The number of fused-ring (bicyclic) bond motifs is 2. The molecule has 0 radical (unpaired) electrons. The van der Waals surface area contributed by atoms with Gasteiger partial charge in [0.1, 0.15) is 18.9 Å². The molecule has 0 fully saturated rings. The summed E-state index contributed by atoms with van der Waals surface area (Å²) in [5, 5.41) is -0.393. The summed E-state index contributed by atoms with van der Waals surface area (Å²) in [5.41, 5.74) is -2.42. The lowest BCUT2D eigenvalue weighted by atomic mass is 10.0. The van der Waals surface area contributed by atoms with Gasteiger partial charge in [0.15, 0.2) is 0 Å². The molecule has 25 heavy (non-hydrogen) atoms. The molecule has 1 atom stereocenters. The van der Waals surface area contributed by atoms with Gasteiger partial charge in [-0.25, -0.2) is 0 Å². The molecule has 4 nitrogen and oxygen atoms in total. The number of aromatic nitrogens is 1. The van der Waals surface area contributed by atoms with Crippen LogP contribution in [0.2, 0.25) is 0 Å². The monoisotopic (exact) mass is 366 g/mol. The zero-order chi connectivity index (χ0) is 18.6.